The number of esters is 1. The van der Waals surface area contributed by atoms with Gasteiger partial charge < -0.3 is 28.6 Å². The van der Waals surface area contributed by atoms with Crippen LogP contribution in [-0.4, -0.2) is 67.6 Å². The molecule has 0 radical (unpaired) electrons. The van der Waals surface area contributed by atoms with Crippen molar-refractivity contribution in [3.63, 3.8) is 0 Å². The summed E-state index contributed by atoms with van der Waals surface area (Å²) < 4.78 is 23.1. The number of benzene rings is 2. The highest BCUT2D eigenvalue weighted by Crippen LogP contribution is 2.45. The Morgan fingerprint density at radius 2 is 1.80 bits per heavy atom. The van der Waals surface area contributed by atoms with Crippen molar-refractivity contribution in [1.29, 1.82) is 0 Å². The van der Waals surface area contributed by atoms with Gasteiger partial charge in [-0.1, -0.05) is 12.1 Å². The fraction of sp³-hybridized carbons (Fsp3) is 0.400. The zero-order valence-electron chi connectivity index (χ0n) is 20.2. The summed E-state index contributed by atoms with van der Waals surface area (Å²) in [4.78, 5) is 33.4. The van der Waals surface area contributed by atoms with E-state index in [9.17, 15) is 14.7 Å². The third kappa shape index (κ3) is 4.25. The van der Waals surface area contributed by atoms with Gasteiger partial charge in [0.05, 0.1) is 37.9 Å². The number of rotatable bonds is 9. The number of aromatic nitrogens is 2. The summed E-state index contributed by atoms with van der Waals surface area (Å²) in [5, 5.41) is 10.5. The Kier molecular flexibility index (Phi) is 7.11. The Morgan fingerprint density at radius 3 is 2.43 bits per heavy atom. The minimum absolute atomic E-state index is 0.124. The zero-order valence-corrected chi connectivity index (χ0v) is 20.2. The van der Waals surface area contributed by atoms with Gasteiger partial charge in [-0.05, 0) is 43.2 Å². The molecule has 1 aromatic heterocycles. The predicted octanol–water partition coefficient (Wildman–Crippen LogP) is 2.91. The summed E-state index contributed by atoms with van der Waals surface area (Å²) in [6.07, 6.45) is 0.562. The van der Waals surface area contributed by atoms with Gasteiger partial charge in [-0.15, -0.1) is 0 Å². The van der Waals surface area contributed by atoms with Crippen LogP contribution in [0.1, 0.15) is 24.9 Å². The van der Waals surface area contributed by atoms with E-state index in [0.29, 0.717) is 36.6 Å². The second-order valence-electron chi connectivity index (χ2n) is 8.06. The summed E-state index contributed by atoms with van der Waals surface area (Å²) in [5.74, 6) is -1.70. The van der Waals surface area contributed by atoms with Crippen molar-refractivity contribution in [2.24, 2.45) is 5.92 Å². The topological polar surface area (TPSA) is 112 Å². The number of para-hydroxylation sites is 2. The van der Waals surface area contributed by atoms with E-state index >= 15 is 0 Å². The lowest BCUT2D eigenvalue weighted by Gasteiger charge is -2.38. The van der Waals surface area contributed by atoms with E-state index in [0.717, 1.165) is 5.52 Å². The van der Waals surface area contributed by atoms with Gasteiger partial charge in [0.1, 0.15) is 0 Å². The highest BCUT2D eigenvalue weighted by molar-refractivity contribution is 6.08. The number of fused-ring (bicyclic) bond motifs is 3. The number of imidazole rings is 1. The van der Waals surface area contributed by atoms with Crippen LogP contribution in [0.5, 0.6) is 17.2 Å². The summed E-state index contributed by atoms with van der Waals surface area (Å²) in [6, 6.07) is 9.86. The van der Waals surface area contributed by atoms with Crippen LogP contribution >= 0.6 is 0 Å². The first-order valence-corrected chi connectivity index (χ1v) is 11.4. The van der Waals surface area contributed by atoms with Crippen molar-refractivity contribution in [1.82, 2.24) is 9.55 Å². The number of carbonyl (C=O) groups is 2. The molecule has 1 aliphatic rings. The number of hydrogen-bond donors (Lipinski definition) is 1. The van der Waals surface area contributed by atoms with Crippen molar-refractivity contribution in [3.05, 3.63) is 42.0 Å². The van der Waals surface area contributed by atoms with Crippen LogP contribution < -0.4 is 14.4 Å². The van der Waals surface area contributed by atoms with Gasteiger partial charge >= 0.3 is 5.97 Å². The number of anilines is 1. The molecule has 1 aliphatic heterocycles. The van der Waals surface area contributed by atoms with E-state index < -0.39 is 23.8 Å². The van der Waals surface area contributed by atoms with E-state index in [1.807, 2.05) is 28.8 Å². The fourth-order valence-electron chi connectivity index (χ4n) is 4.51. The van der Waals surface area contributed by atoms with Gasteiger partial charge in [0, 0.05) is 20.3 Å². The van der Waals surface area contributed by atoms with Crippen molar-refractivity contribution in [3.8, 4) is 17.2 Å². The number of phenols is 1. The molecule has 4 rings (SSSR count). The van der Waals surface area contributed by atoms with E-state index in [4.69, 9.17) is 23.9 Å². The minimum Gasteiger partial charge on any atom is -0.502 e. The Morgan fingerprint density at radius 1 is 1.11 bits per heavy atom. The lowest BCUT2D eigenvalue weighted by Crippen LogP contribution is -2.50. The largest absolute Gasteiger partial charge is 0.502 e. The number of amides is 1. The first kappa shape index (κ1) is 24.3. The van der Waals surface area contributed by atoms with Crippen LogP contribution in [-0.2, 0) is 19.1 Å². The maximum atomic E-state index is 13.9. The van der Waals surface area contributed by atoms with Crippen LogP contribution in [0, 0.1) is 5.92 Å². The molecule has 0 fully saturated rings. The highest BCUT2D eigenvalue weighted by atomic mass is 16.5. The molecule has 0 aliphatic carbocycles. The molecule has 0 bridgehead atoms. The summed E-state index contributed by atoms with van der Waals surface area (Å²) in [7, 11) is 4.43. The molecule has 2 aromatic carbocycles. The molecule has 1 N–H and O–H groups in total. The van der Waals surface area contributed by atoms with E-state index in [1.165, 1.54) is 19.1 Å². The third-order valence-electron chi connectivity index (χ3n) is 6.06. The van der Waals surface area contributed by atoms with E-state index in [-0.39, 0.29) is 23.9 Å². The summed E-state index contributed by atoms with van der Waals surface area (Å²) in [6.45, 7) is 2.59. The van der Waals surface area contributed by atoms with Crippen LogP contribution in [0.15, 0.2) is 36.4 Å². The predicted molar refractivity (Wildman–Crippen MR) is 128 cm³/mol. The molecule has 35 heavy (non-hydrogen) atoms. The van der Waals surface area contributed by atoms with Crippen molar-refractivity contribution >= 4 is 28.9 Å². The second-order valence-corrected chi connectivity index (χ2v) is 8.06. The average Bonchev–Trinajstić information content (AvgIpc) is 3.24. The minimum atomic E-state index is -1.19. The first-order chi connectivity index (χ1) is 17.0. The number of phenolic OH excluding ortho intramolecular Hbond substituents is 1. The van der Waals surface area contributed by atoms with Gasteiger partial charge in [0.2, 0.25) is 17.6 Å². The van der Waals surface area contributed by atoms with Crippen LogP contribution in [0.4, 0.5) is 5.95 Å². The van der Waals surface area contributed by atoms with Gasteiger partial charge in [-0.2, -0.15) is 0 Å². The molecular weight excluding hydrogens is 454 g/mol. The molecule has 0 saturated carbocycles. The molecule has 10 heteroatoms. The van der Waals surface area contributed by atoms with Crippen LogP contribution in [0.2, 0.25) is 0 Å². The molecule has 0 spiro atoms. The van der Waals surface area contributed by atoms with Gasteiger partial charge in [-0.3, -0.25) is 14.5 Å². The lowest BCUT2D eigenvalue weighted by atomic mass is 9.89. The quantitative estimate of drug-likeness (QED) is 0.281. The monoisotopic (exact) mass is 483 g/mol. The summed E-state index contributed by atoms with van der Waals surface area (Å²) >= 11 is 0. The molecule has 186 valence electrons. The Hall–Kier alpha value is -3.79. The van der Waals surface area contributed by atoms with Gasteiger partial charge in [0.25, 0.3) is 0 Å². The fourth-order valence-corrected chi connectivity index (χ4v) is 4.51. The average molecular weight is 484 g/mol. The van der Waals surface area contributed by atoms with Crippen molar-refractivity contribution < 1.29 is 33.6 Å². The van der Waals surface area contributed by atoms with Crippen molar-refractivity contribution in [2.75, 3.05) is 46.0 Å². The smallest absolute Gasteiger partial charge is 0.321 e. The number of nitrogens with zero attached hydrogens (tertiary/aromatic N) is 3. The number of carbonyl (C=O) groups excluding carboxylic acids is 2. The molecule has 0 unspecified atom stereocenters. The van der Waals surface area contributed by atoms with E-state index in [1.54, 1.807) is 26.2 Å². The number of methoxy groups -OCH3 is 3. The molecule has 10 nitrogen and oxygen atoms in total. The Balaban J connectivity index is 1.99. The van der Waals surface area contributed by atoms with Crippen molar-refractivity contribution in [2.45, 2.75) is 19.4 Å². The van der Waals surface area contributed by atoms with E-state index in [2.05, 4.69) is 0 Å². The standard InChI is InChI=1S/C25H29N3O7/c1-5-35-24(31)20-21(15-13-18(33-3)22(29)19(14-15)34-4)28-17-10-7-6-9-16(17)26-25(28)27(23(20)30)11-8-12-32-2/h6-7,9-10,13-14,20-21,29H,5,8,11-12H2,1-4H3/t20-,21-/m0/s1. The molecule has 2 atom stereocenters. The van der Waals surface area contributed by atoms with Gasteiger partial charge in [0.15, 0.2) is 17.4 Å². The number of ether oxygens (including phenoxy) is 4. The second kappa shape index (κ2) is 10.2. The Labute approximate surface area is 203 Å². The molecule has 2 heterocycles. The number of hydrogen-bond acceptors (Lipinski definition) is 8. The SMILES string of the molecule is CCOC(=O)[C@@H]1C(=O)N(CCCOC)c2nc3ccccc3n2[C@H]1c1cc(OC)c(O)c(OC)c1. The Bertz CT molecular complexity index is 1210. The molecule has 0 saturated heterocycles. The molecule has 3 aromatic rings. The first-order valence-electron chi connectivity index (χ1n) is 11.4. The molecular formula is C25H29N3O7. The highest BCUT2D eigenvalue weighted by Gasteiger charge is 2.48. The molecule has 1 amide bonds. The van der Waals surface area contributed by atoms with Gasteiger partial charge in [-0.25, -0.2) is 4.98 Å². The normalized spacial score (nSPS) is 17.4. The van der Waals surface area contributed by atoms with Crippen LogP contribution in [0.3, 0.4) is 0 Å². The third-order valence-corrected chi connectivity index (χ3v) is 6.06. The maximum Gasteiger partial charge on any atom is 0.321 e. The number of aromatic hydroxyl groups is 1. The zero-order chi connectivity index (χ0) is 25.1. The lowest BCUT2D eigenvalue weighted by molar-refractivity contribution is -0.153. The summed E-state index contributed by atoms with van der Waals surface area (Å²) in [5.41, 5.74) is 1.96. The van der Waals surface area contributed by atoms with Crippen LogP contribution in [0.25, 0.3) is 11.0 Å². The maximum absolute atomic E-state index is 13.9.